The average molecular weight is 280 g/mol. The normalized spacial score (nSPS) is 12.9. The van der Waals surface area contributed by atoms with Gasteiger partial charge in [0.2, 0.25) is 11.7 Å². The Kier molecular flexibility index (Phi) is 4.56. The standard InChI is InChI=1S/C14H18ClN3O/c1-9(2)7-12(16)8-13-17-14(18-19-13)10-3-5-11(15)6-4-10/h3-6,9,12H,7-8,16H2,1-2H3. The number of benzene rings is 1. The van der Waals surface area contributed by atoms with Crippen molar-refractivity contribution < 1.29 is 4.52 Å². The SMILES string of the molecule is CC(C)CC(N)Cc1nc(-c2ccc(Cl)cc2)no1. The Morgan fingerprint density at radius 3 is 2.58 bits per heavy atom. The van der Waals surface area contributed by atoms with E-state index in [1.165, 1.54) is 0 Å². The molecule has 1 heterocycles. The van der Waals surface area contributed by atoms with Crippen molar-refractivity contribution in [3.05, 3.63) is 35.2 Å². The maximum atomic E-state index is 6.03. The van der Waals surface area contributed by atoms with E-state index in [0.717, 1.165) is 12.0 Å². The van der Waals surface area contributed by atoms with Gasteiger partial charge in [0.25, 0.3) is 0 Å². The van der Waals surface area contributed by atoms with E-state index >= 15 is 0 Å². The predicted octanol–water partition coefficient (Wildman–Crippen LogP) is 3.31. The Labute approximate surface area is 118 Å². The van der Waals surface area contributed by atoms with E-state index in [1.807, 2.05) is 12.1 Å². The van der Waals surface area contributed by atoms with Gasteiger partial charge < -0.3 is 10.3 Å². The smallest absolute Gasteiger partial charge is 0.228 e. The second-order valence-electron chi connectivity index (χ2n) is 5.11. The van der Waals surface area contributed by atoms with Gasteiger partial charge in [-0.15, -0.1) is 0 Å². The van der Waals surface area contributed by atoms with Gasteiger partial charge in [-0.25, -0.2) is 0 Å². The number of rotatable bonds is 5. The summed E-state index contributed by atoms with van der Waals surface area (Å²) < 4.78 is 5.23. The van der Waals surface area contributed by atoms with Crippen molar-refractivity contribution in [1.82, 2.24) is 10.1 Å². The fraction of sp³-hybridized carbons (Fsp3) is 0.429. The topological polar surface area (TPSA) is 64.9 Å². The van der Waals surface area contributed by atoms with Gasteiger partial charge in [-0.05, 0) is 36.6 Å². The van der Waals surface area contributed by atoms with Crippen molar-refractivity contribution >= 4 is 11.6 Å². The maximum absolute atomic E-state index is 6.03. The minimum Gasteiger partial charge on any atom is -0.339 e. The van der Waals surface area contributed by atoms with Crippen LogP contribution in [0.2, 0.25) is 5.02 Å². The second kappa shape index (κ2) is 6.17. The Morgan fingerprint density at radius 1 is 1.26 bits per heavy atom. The number of hydrogen-bond donors (Lipinski definition) is 1. The van der Waals surface area contributed by atoms with Crippen molar-refractivity contribution in [3.8, 4) is 11.4 Å². The first kappa shape index (κ1) is 14.0. The van der Waals surface area contributed by atoms with E-state index in [2.05, 4.69) is 24.0 Å². The molecule has 1 unspecified atom stereocenters. The van der Waals surface area contributed by atoms with E-state index in [9.17, 15) is 0 Å². The van der Waals surface area contributed by atoms with E-state index in [-0.39, 0.29) is 6.04 Å². The Hall–Kier alpha value is -1.39. The van der Waals surface area contributed by atoms with Crippen molar-refractivity contribution in [1.29, 1.82) is 0 Å². The quantitative estimate of drug-likeness (QED) is 0.912. The molecule has 19 heavy (non-hydrogen) atoms. The number of hydrogen-bond acceptors (Lipinski definition) is 4. The summed E-state index contributed by atoms with van der Waals surface area (Å²) in [6, 6.07) is 7.39. The molecule has 1 atom stereocenters. The number of aromatic nitrogens is 2. The van der Waals surface area contributed by atoms with Crippen LogP contribution in [0.3, 0.4) is 0 Å². The molecule has 0 radical (unpaired) electrons. The van der Waals surface area contributed by atoms with E-state index in [0.29, 0.717) is 29.1 Å². The van der Waals surface area contributed by atoms with Crippen LogP contribution in [-0.2, 0) is 6.42 Å². The van der Waals surface area contributed by atoms with Crippen molar-refractivity contribution in [2.45, 2.75) is 32.7 Å². The lowest BCUT2D eigenvalue weighted by atomic mass is 10.0. The van der Waals surface area contributed by atoms with Crippen LogP contribution in [0, 0.1) is 5.92 Å². The van der Waals surface area contributed by atoms with Crippen LogP contribution in [0.1, 0.15) is 26.2 Å². The van der Waals surface area contributed by atoms with Gasteiger partial charge in [-0.1, -0.05) is 30.6 Å². The van der Waals surface area contributed by atoms with Crippen molar-refractivity contribution in [2.24, 2.45) is 11.7 Å². The largest absolute Gasteiger partial charge is 0.339 e. The average Bonchev–Trinajstić information content (AvgIpc) is 2.77. The number of nitrogens with two attached hydrogens (primary N) is 1. The molecule has 1 aromatic heterocycles. The van der Waals surface area contributed by atoms with E-state index < -0.39 is 0 Å². The van der Waals surface area contributed by atoms with E-state index in [1.54, 1.807) is 12.1 Å². The molecule has 0 saturated carbocycles. The van der Waals surface area contributed by atoms with Crippen LogP contribution in [0.25, 0.3) is 11.4 Å². The first-order valence-electron chi connectivity index (χ1n) is 6.38. The van der Waals surface area contributed by atoms with Crippen LogP contribution >= 0.6 is 11.6 Å². The van der Waals surface area contributed by atoms with Crippen LogP contribution in [0.4, 0.5) is 0 Å². The molecular weight excluding hydrogens is 262 g/mol. The third-order valence-electron chi connectivity index (χ3n) is 2.78. The maximum Gasteiger partial charge on any atom is 0.228 e. The second-order valence-corrected chi connectivity index (χ2v) is 5.55. The summed E-state index contributed by atoms with van der Waals surface area (Å²) >= 11 is 5.84. The molecule has 2 rings (SSSR count). The van der Waals surface area contributed by atoms with Gasteiger partial charge in [0.05, 0.1) is 0 Å². The van der Waals surface area contributed by atoms with Gasteiger partial charge in [-0.3, -0.25) is 0 Å². The fourth-order valence-electron chi connectivity index (χ4n) is 1.97. The Balaban J connectivity index is 2.04. The van der Waals surface area contributed by atoms with Gasteiger partial charge in [0.15, 0.2) is 0 Å². The Morgan fingerprint density at radius 2 is 1.95 bits per heavy atom. The summed E-state index contributed by atoms with van der Waals surface area (Å²) in [7, 11) is 0. The minimum atomic E-state index is 0.0542. The zero-order chi connectivity index (χ0) is 13.8. The van der Waals surface area contributed by atoms with Gasteiger partial charge in [0.1, 0.15) is 0 Å². The molecule has 1 aromatic carbocycles. The van der Waals surface area contributed by atoms with Crippen molar-refractivity contribution in [2.75, 3.05) is 0 Å². The first-order valence-corrected chi connectivity index (χ1v) is 6.76. The third-order valence-corrected chi connectivity index (χ3v) is 3.03. The molecule has 5 heteroatoms. The molecule has 0 aliphatic heterocycles. The monoisotopic (exact) mass is 279 g/mol. The molecule has 102 valence electrons. The summed E-state index contributed by atoms with van der Waals surface area (Å²) in [5.74, 6) is 1.72. The lowest BCUT2D eigenvalue weighted by Gasteiger charge is -2.10. The molecule has 0 amide bonds. The molecule has 0 fully saturated rings. The highest BCUT2D eigenvalue weighted by molar-refractivity contribution is 6.30. The number of nitrogens with zero attached hydrogens (tertiary/aromatic N) is 2. The number of halogens is 1. The molecule has 2 N–H and O–H groups in total. The summed E-state index contributed by atoms with van der Waals surface area (Å²) in [5, 5.41) is 4.65. The summed E-state index contributed by atoms with van der Waals surface area (Å²) in [4.78, 5) is 4.36. The lowest BCUT2D eigenvalue weighted by molar-refractivity contribution is 0.359. The molecule has 0 saturated heterocycles. The van der Waals surface area contributed by atoms with Crippen molar-refractivity contribution in [3.63, 3.8) is 0 Å². The zero-order valence-corrected chi connectivity index (χ0v) is 11.9. The predicted molar refractivity (Wildman–Crippen MR) is 75.9 cm³/mol. The van der Waals surface area contributed by atoms with Gasteiger partial charge in [0, 0.05) is 23.0 Å². The van der Waals surface area contributed by atoms with Crippen LogP contribution < -0.4 is 5.73 Å². The lowest BCUT2D eigenvalue weighted by Crippen LogP contribution is -2.24. The first-order chi connectivity index (χ1) is 9.04. The zero-order valence-electron chi connectivity index (χ0n) is 11.1. The molecular formula is C14H18ClN3O. The minimum absolute atomic E-state index is 0.0542. The van der Waals surface area contributed by atoms with E-state index in [4.69, 9.17) is 21.9 Å². The highest BCUT2D eigenvalue weighted by atomic mass is 35.5. The molecule has 2 aromatic rings. The van der Waals surface area contributed by atoms with Crippen LogP contribution in [0.15, 0.2) is 28.8 Å². The highest BCUT2D eigenvalue weighted by Gasteiger charge is 2.13. The van der Waals surface area contributed by atoms with Gasteiger partial charge >= 0.3 is 0 Å². The highest BCUT2D eigenvalue weighted by Crippen LogP contribution is 2.19. The molecule has 0 aliphatic rings. The summed E-state index contributed by atoms with van der Waals surface area (Å²) in [5.41, 5.74) is 6.92. The fourth-order valence-corrected chi connectivity index (χ4v) is 2.09. The van der Waals surface area contributed by atoms with Gasteiger partial charge in [-0.2, -0.15) is 4.98 Å². The molecule has 0 spiro atoms. The third kappa shape index (κ3) is 4.04. The molecule has 0 aliphatic carbocycles. The van der Waals surface area contributed by atoms with Crippen LogP contribution in [0.5, 0.6) is 0 Å². The molecule has 4 nitrogen and oxygen atoms in total. The summed E-state index contributed by atoms with van der Waals surface area (Å²) in [6.45, 7) is 4.29. The van der Waals surface area contributed by atoms with Crippen LogP contribution in [-0.4, -0.2) is 16.2 Å². The Bertz CT molecular complexity index is 522. The molecule has 0 bridgehead atoms. The summed E-state index contributed by atoms with van der Waals surface area (Å²) in [6.07, 6.45) is 1.55.